The molecule has 0 saturated carbocycles. The van der Waals surface area contributed by atoms with Crippen LogP contribution >= 0.6 is 0 Å². The summed E-state index contributed by atoms with van der Waals surface area (Å²) in [6.07, 6.45) is 1.92. The molecule has 0 atom stereocenters. The Morgan fingerprint density at radius 3 is 2.44 bits per heavy atom. The third kappa shape index (κ3) is 3.13. The highest BCUT2D eigenvalue weighted by atomic mass is 16.6. The minimum absolute atomic E-state index is 0.0530. The maximum Gasteiger partial charge on any atom is 0.269 e. The molecular formula is C13H15NO4. The molecule has 0 N–H and O–H groups in total. The lowest BCUT2D eigenvalue weighted by Gasteiger charge is -2.20. The monoisotopic (exact) mass is 249 g/mol. The van der Waals surface area contributed by atoms with E-state index < -0.39 is 4.92 Å². The molecule has 0 bridgehead atoms. The fourth-order valence-electron chi connectivity index (χ4n) is 2.10. The molecule has 96 valence electrons. The molecule has 2 rings (SSSR count). The molecule has 0 radical (unpaired) electrons. The van der Waals surface area contributed by atoms with Gasteiger partial charge in [0, 0.05) is 37.7 Å². The zero-order chi connectivity index (χ0) is 13.0. The van der Waals surface area contributed by atoms with Crippen LogP contribution in [0, 0.1) is 16.0 Å². The van der Waals surface area contributed by atoms with Gasteiger partial charge in [-0.2, -0.15) is 0 Å². The molecule has 0 aromatic heterocycles. The molecule has 1 aliphatic rings. The number of nitrogens with zero attached hydrogens (tertiary/aromatic N) is 1. The summed E-state index contributed by atoms with van der Waals surface area (Å²) in [6, 6.07) is 6.17. The van der Waals surface area contributed by atoms with Crippen molar-refractivity contribution in [2.45, 2.75) is 19.3 Å². The van der Waals surface area contributed by atoms with Gasteiger partial charge in [-0.15, -0.1) is 0 Å². The Bertz CT molecular complexity index is 435. The maximum atomic E-state index is 12.0. The highest BCUT2D eigenvalue weighted by molar-refractivity contribution is 5.83. The SMILES string of the molecule is O=C(Cc1ccc([N+](=O)[O-])cc1)C1CCOCC1. The van der Waals surface area contributed by atoms with Crippen LogP contribution < -0.4 is 0 Å². The van der Waals surface area contributed by atoms with Gasteiger partial charge in [-0.05, 0) is 18.4 Å². The van der Waals surface area contributed by atoms with Crippen LogP contribution in [0.1, 0.15) is 18.4 Å². The van der Waals surface area contributed by atoms with Crippen molar-refractivity contribution >= 4 is 11.5 Å². The molecule has 0 unspecified atom stereocenters. The van der Waals surface area contributed by atoms with E-state index in [0.717, 1.165) is 18.4 Å². The van der Waals surface area contributed by atoms with E-state index in [0.29, 0.717) is 19.6 Å². The molecule has 18 heavy (non-hydrogen) atoms. The van der Waals surface area contributed by atoms with E-state index >= 15 is 0 Å². The molecule has 1 fully saturated rings. The Balaban J connectivity index is 1.96. The summed E-state index contributed by atoms with van der Waals surface area (Å²) in [5.41, 5.74) is 0.884. The van der Waals surface area contributed by atoms with Crippen LogP contribution in [0.2, 0.25) is 0 Å². The Morgan fingerprint density at radius 1 is 1.28 bits per heavy atom. The van der Waals surface area contributed by atoms with E-state index in [2.05, 4.69) is 0 Å². The number of nitro benzene ring substituents is 1. The first-order valence-corrected chi connectivity index (χ1v) is 6.00. The number of ketones is 1. The molecule has 0 amide bonds. The Labute approximate surface area is 105 Å². The zero-order valence-corrected chi connectivity index (χ0v) is 10.0. The Kier molecular flexibility index (Phi) is 4.04. The van der Waals surface area contributed by atoms with Gasteiger partial charge < -0.3 is 4.74 Å². The summed E-state index contributed by atoms with van der Waals surface area (Å²) in [7, 11) is 0. The second-order valence-electron chi connectivity index (χ2n) is 4.45. The lowest BCUT2D eigenvalue weighted by Crippen LogP contribution is -2.24. The smallest absolute Gasteiger partial charge is 0.269 e. The standard InChI is InChI=1S/C13H15NO4/c15-13(11-5-7-18-8-6-11)9-10-1-3-12(4-2-10)14(16)17/h1-4,11H,5-9H2. The van der Waals surface area contributed by atoms with E-state index in [1.54, 1.807) is 12.1 Å². The second-order valence-corrected chi connectivity index (χ2v) is 4.45. The quantitative estimate of drug-likeness (QED) is 0.605. The largest absolute Gasteiger partial charge is 0.381 e. The molecule has 5 nitrogen and oxygen atoms in total. The van der Waals surface area contributed by atoms with Crippen LogP contribution in [0.3, 0.4) is 0 Å². The number of hydrogen-bond acceptors (Lipinski definition) is 4. The summed E-state index contributed by atoms with van der Waals surface area (Å²) in [6.45, 7) is 1.30. The Hall–Kier alpha value is -1.75. The maximum absolute atomic E-state index is 12.0. The molecule has 1 saturated heterocycles. The van der Waals surface area contributed by atoms with Gasteiger partial charge in [-0.1, -0.05) is 12.1 Å². The van der Waals surface area contributed by atoms with Crippen molar-refractivity contribution in [1.29, 1.82) is 0 Å². The average Bonchev–Trinajstić information content (AvgIpc) is 2.40. The van der Waals surface area contributed by atoms with E-state index in [4.69, 9.17) is 4.74 Å². The van der Waals surface area contributed by atoms with Crippen molar-refractivity contribution in [1.82, 2.24) is 0 Å². The first-order valence-electron chi connectivity index (χ1n) is 6.00. The first-order chi connectivity index (χ1) is 8.66. The predicted molar refractivity (Wildman–Crippen MR) is 65.4 cm³/mol. The van der Waals surface area contributed by atoms with Crippen LogP contribution in [0.5, 0.6) is 0 Å². The molecule has 1 aromatic rings. The van der Waals surface area contributed by atoms with Gasteiger partial charge in [0.05, 0.1) is 4.92 Å². The van der Waals surface area contributed by atoms with Crippen LogP contribution in [0.25, 0.3) is 0 Å². The van der Waals surface area contributed by atoms with Crippen molar-refractivity contribution in [2.75, 3.05) is 13.2 Å². The van der Waals surface area contributed by atoms with Gasteiger partial charge in [0.25, 0.3) is 5.69 Å². The predicted octanol–water partition coefficient (Wildman–Crippen LogP) is 2.13. The third-order valence-electron chi connectivity index (χ3n) is 3.20. The minimum atomic E-state index is -0.440. The fourth-order valence-corrected chi connectivity index (χ4v) is 2.10. The number of rotatable bonds is 4. The van der Waals surface area contributed by atoms with Crippen molar-refractivity contribution < 1.29 is 14.5 Å². The minimum Gasteiger partial charge on any atom is -0.381 e. The van der Waals surface area contributed by atoms with Gasteiger partial charge >= 0.3 is 0 Å². The third-order valence-corrected chi connectivity index (χ3v) is 3.20. The van der Waals surface area contributed by atoms with E-state index in [-0.39, 0.29) is 17.4 Å². The molecule has 1 aliphatic heterocycles. The molecule has 5 heteroatoms. The number of non-ortho nitro benzene ring substituents is 1. The summed E-state index contributed by atoms with van der Waals surface area (Å²) in [5, 5.41) is 10.5. The van der Waals surface area contributed by atoms with Crippen molar-refractivity contribution in [3.63, 3.8) is 0 Å². The first kappa shape index (κ1) is 12.7. The van der Waals surface area contributed by atoms with Crippen LogP contribution in [0.4, 0.5) is 5.69 Å². The van der Waals surface area contributed by atoms with Gasteiger partial charge in [-0.25, -0.2) is 0 Å². The van der Waals surface area contributed by atoms with Crippen LogP contribution in [0.15, 0.2) is 24.3 Å². The van der Waals surface area contributed by atoms with Gasteiger partial charge in [0.1, 0.15) is 5.78 Å². The van der Waals surface area contributed by atoms with Crippen LogP contribution in [-0.4, -0.2) is 23.9 Å². The van der Waals surface area contributed by atoms with Gasteiger partial charge in [-0.3, -0.25) is 14.9 Å². The van der Waals surface area contributed by atoms with E-state index in [1.165, 1.54) is 12.1 Å². The lowest BCUT2D eigenvalue weighted by molar-refractivity contribution is -0.384. The molecule has 1 heterocycles. The molecular weight excluding hydrogens is 234 g/mol. The summed E-state index contributed by atoms with van der Waals surface area (Å²) in [5.74, 6) is 0.279. The highest BCUT2D eigenvalue weighted by Crippen LogP contribution is 2.19. The number of hydrogen-bond donors (Lipinski definition) is 0. The topological polar surface area (TPSA) is 69.4 Å². The molecule has 0 spiro atoms. The number of nitro groups is 1. The summed E-state index contributed by atoms with van der Waals surface area (Å²) >= 11 is 0. The number of benzene rings is 1. The van der Waals surface area contributed by atoms with Crippen LogP contribution in [-0.2, 0) is 16.0 Å². The highest BCUT2D eigenvalue weighted by Gasteiger charge is 2.21. The number of carbonyl (C=O) groups is 1. The van der Waals surface area contributed by atoms with Crippen molar-refractivity contribution in [2.24, 2.45) is 5.92 Å². The van der Waals surface area contributed by atoms with Gasteiger partial charge in [0.15, 0.2) is 0 Å². The zero-order valence-electron chi connectivity index (χ0n) is 10.0. The molecule has 1 aromatic carbocycles. The molecule has 0 aliphatic carbocycles. The number of carbonyl (C=O) groups excluding carboxylic acids is 1. The fraction of sp³-hybridized carbons (Fsp3) is 0.462. The number of ether oxygens (including phenoxy) is 1. The summed E-state index contributed by atoms with van der Waals surface area (Å²) < 4.78 is 5.21. The Morgan fingerprint density at radius 2 is 1.89 bits per heavy atom. The van der Waals surface area contributed by atoms with Gasteiger partial charge in [0.2, 0.25) is 0 Å². The van der Waals surface area contributed by atoms with E-state index in [1.807, 2.05) is 0 Å². The van der Waals surface area contributed by atoms with Crippen molar-refractivity contribution in [3.05, 3.63) is 39.9 Å². The summed E-state index contributed by atoms with van der Waals surface area (Å²) in [4.78, 5) is 22.1. The average molecular weight is 249 g/mol. The second kappa shape index (κ2) is 5.73. The number of Topliss-reactive ketones (excluding diaryl/α,β-unsaturated/α-hetero) is 1. The lowest BCUT2D eigenvalue weighted by atomic mass is 9.91. The van der Waals surface area contributed by atoms with E-state index in [9.17, 15) is 14.9 Å². The normalized spacial score (nSPS) is 16.4. The van der Waals surface area contributed by atoms with Crippen molar-refractivity contribution in [3.8, 4) is 0 Å².